The maximum absolute atomic E-state index is 12.8. The van der Waals surface area contributed by atoms with Gasteiger partial charge in [0.05, 0.1) is 17.7 Å². The number of nitrogens with zero attached hydrogens (tertiary/aromatic N) is 1. The second kappa shape index (κ2) is 9.58. The second-order valence-corrected chi connectivity index (χ2v) is 8.67. The van der Waals surface area contributed by atoms with E-state index >= 15 is 0 Å². The SMILES string of the molecule is CCOc1ccc(NS(=O)(=O)c2cccc(C(=O)Nc3cccc(-c4cnco4)c3)c2)cc1. The van der Waals surface area contributed by atoms with Gasteiger partial charge in [0.25, 0.3) is 15.9 Å². The van der Waals surface area contributed by atoms with Gasteiger partial charge >= 0.3 is 0 Å². The fraction of sp³-hybridized carbons (Fsp3) is 0.0833. The summed E-state index contributed by atoms with van der Waals surface area (Å²) in [4.78, 5) is 16.6. The van der Waals surface area contributed by atoms with E-state index < -0.39 is 15.9 Å². The van der Waals surface area contributed by atoms with E-state index in [1.807, 2.05) is 13.0 Å². The molecule has 0 bridgehead atoms. The minimum absolute atomic E-state index is 0.0283. The Hall–Kier alpha value is -4.11. The van der Waals surface area contributed by atoms with Crippen molar-refractivity contribution >= 4 is 27.3 Å². The lowest BCUT2D eigenvalue weighted by molar-refractivity contribution is 0.102. The summed E-state index contributed by atoms with van der Waals surface area (Å²) in [5.74, 6) is 0.772. The van der Waals surface area contributed by atoms with Crippen molar-refractivity contribution in [3.8, 4) is 17.1 Å². The van der Waals surface area contributed by atoms with Crippen LogP contribution in [0.3, 0.4) is 0 Å². The van der Waals surface area contributed by atoms with Gasteiger partial charge in [-0.2, -0.15) is 0 Å². The highest BCUT2D eigenvalue weighted by atomic mass is 32.2. The molecule has 0 aliphatic heterocycles. The third-order valence-corrected chi connectivity index (χ3v) is 6.04. The molecule has 0 aliphatic carbocycles. The smallest absolute Gasteiger partial charge is 0.261 e. The zero-order valence-electron chi connectivity index (χ0n) is 17.7. The van der Waals surface area contributed by atoms with Gasteiger partial charge in [0.2, 0.25) is 0 Å². The lowest BCUT2D eigenvalue weighted by atomic mass is 10.1. The Bertz CT molecular complexity index is 1350. The number of amides is 1. The molecule has 1 heterocycles. The number of hydrogen-bond donors (Lipinski definition) is 2. The summed E-state index contributed by atoms with van der Waals surface area (Å²) in [6.45, 7) is 2.39. The van der Waals surface area contributed by atoms with Crippen molar-refractivity contribution in [1.29, 1.82) is 0 Å². The van der Waals surface area contributed by atoms with E-state index in [-0.39, 0.29) is 10.5 Å². The molecule has 0 unspecified atom stereocenters. The normalized spacial score (nSPS) is 11.1. The average molecular weight is 464 g/mol. The van der Waals surface area contributed by atoms with Gasteiger partial charge in [-0.3, -0.25) is 9.52 Å². The van der Waals surface area contributed by atoms with Gasteiger partial charge in [0, 0.05) is 22.5 Å². The summed E-state index contributed by atoms with van der Waals surface area (Å²) in [6, 6.07) is 19.5. The zero-order chi connectivity index (χ0) is 23.3. The van der Waals surface area contributed by atoms with Gasteiger partial charge < -0.3 is 14.5 Å². The first-order valence-electron chi connectivity index (χ1n) is 10.1. The molecule has 1 aromatic heterocycles. The number of aromatic nitrogens is 1. The van der Waals surface area contributed by atoms with Crippen molar-refractivity contribution in [1.82, 2.24) is 4.98 Å². The predicted octanol–water partition coefficient (Wildman–Crippen LogP) is 4.79. The summed E-state index contributed by atoms with van der Waals surface area (Å²) in [7, 11) is -3.89. The van der Waals surface area contributed by atoms with Crippen LogP contribution >= 0.6 is 0 Å². The van der Waals surface area contributed by atoms with E-state index in [4.69, 9.17) is 9.15 Å². The molecule has 0 aliphatic rings. The molecule has 4 aromatic rings. The number of oxazole rings is 1. The van der Waals surface area contributed by atoms with Crippen LogP contribution in [-0.4, -0.2) is 25.9 Å². The molecule has 9 heteroatoms. The summed E-state index contributed by atoms with van der Waals surface area (Å²) in [5.41, 5.74) is 1.88. The van der Waals surface area contributed by atoms with E-state index in [9.17, 15) is 13.2 Å². The van der Waals surface area contributed by atoms with Gasteiger partial charge in [0.15, 0.2) is 12.2 Å². The van der Waals surface area contributed by atoms with Crippen LogP contribution in [0.1, 0.15) is 17.3 Å². The number of carbonyl (C=O) groups excluding carboxylic acids is 1. The molecule has 3 aromatic carbocycles. The molecule has 168 valence electrons. The monoisotopic (exact) mass is 463 g/mol. The molecule has 0 fully saturated rings. The van der Waals surface area contributed by atoms with Crippen molar-refractivity contribution in [2.45, 2.75) is 11.8 Å². The van der Waals surface area contributed by atoms with E-state index in [0.29, 0.717) is 29.5 Å². The first-order chi connectivity index (χ1) is 15.9. The van der Waals surface area contributed by atoms with Crippen LogP contribution in [0.2, 0.25) is 0 Å². The first-order valence-corrected chi connectivity index (χ1v) is 11.6. The molecule has 0 atom stereocenters. The third kappa shape index (κ3) is 5.39. The summed E-state index contributed by atoms with van der Waals surface area (Å²) in [6.07, 6.45) is 2.90. The van der Waals surface area contributed by atoms with Crippen LogP contribution in [0.25, 0.3) is 11.3 Å². The van der Waals surface area contributed by atoms with E-state index in [1.165, 1.54) is 24.6 Å². The topological polar surface area (TPSA) is 111 Å². The number of anilines is 2. The Labute approximate surface area is 191 Å². The Morgan fingerprint density at radius 1 is 1.00 bits per heavy atom. The quantitative estimate of drug-likeness (QED) is 0.389. The fourth-order valence-corrected chi connectivity index (χ4v) is 4.22. The number of carbonyl (C=O) groups is 1. The van der Waals surface area contributed by atoms with Crippen molar-refractivity contribution in [3.05, 3.63) is 91.0 Å². The second-order valence-electron chi connectivity index (χ2n) is 6.99. The maximum atomic E-state index is 12.8. The van der Waals surface area contributed by atoms with Gasteiger partial charge in [-0.1, -0.05) is 18.2 Å². The molecular formula is C24H21N3O5S. The molecule has 2 N–H and O–H groups in total. The van der Waals surface area contributed by atoms with E-state index in [0.717, 1.165) is 5.56 Å². The van der Waals surface area contributed by atoms with Crippen molar-refractivity contribution in [2.75, 3.05) is 16.6 Å². The molecular weight excluding hydrogens is 442 g/mol. The minimum Gasteiger partial charge on any atom is -0.494 e. The molecule has 0 radical (unpaired) electrons. The number of nitrogens with one attached hydrogen (secondary N) is 2. The van der Waals surface area contributed by atoms with Crippen LogP contribution in [-0.2, 0) is 10.0 Å². The fourth-order valence-electron chi connectivity index (χ4n) is 3.12. The first kappa shape index (κ1) is 22.1. The van der Waals surface area contributed by atoms with Gasteiger partial charge in [-0.15, -0.1) is 0 Å². The highest BCUT2D eigenvalue weighted by molar-refractivity contribution is 7.92. The van der Waals surface area contributed by atoms with Crippen molar-refractivity contribution < 1.29 is 22.4 Å². The standard InChI is InChI=1S/C24H21N3O5S/c1-2-31-21-11-9-19(10-12-21)27-33(29,30)22-8-4-6-18(14-22)24(28)26-20-7-3-5-17(13-20)23-15-25-16-32-23/h3-16,27H,2H2,1H3,(H,26,28). The third-order valence-electron chi connectivity index (χ3n) is 4.66. The molecule has 0 saturated heterocycles. The number of sulfonamides is 1. The number of hydrogen-bond acceptors (Lipinski definition) is 6. The van der Waals surface area contributed by atoms with Crippen LogP contribution in [0, 0.1) is 0 Å². The maximum Gasteiger partial charge on any atom is 0.261 e. The van der Waals surface area contributed by atoms with Crippen molar-refractivity contribution in [2.24, 2.45) is 0 Å². The summed E-state index contributed by atoms with van der Waals surface area (Å²) < 4.78 is 38.8. The lowest BCUT2D eigenvalue weighted by Gasteiger charge is -2.11. The largest absolute Gasteiger partial charge is 0.494 e. The van der Waals surface area contributed by atoms with E-state index in [1.54, 1.807) is 54.7 Å². The minimum atomic E-state index is -3.89. The number of ether oxygens (including phenoxy) is 1. The highest BCUT2D eigenvalue weighted by Gasteiger charge is 2.17. The van der Waals surface area contributed by atoms with Gasteiger partial charge in [0.1, 0.15) is 5.75 Å². The summed E-state index contributed by atoms with van der Waals surface area (Å²) in [5, 5.41) is 2.78. The van der Waals surface area contributed by atoms with Gasteiger partial charge in [-0.05, 0) is 61.5 Å². The molecule has 33 heavy (non-hydrogen) atoms. The molecule has 8 nitrogen and oxygen atoms in total. The Morgan fingerprint density at radius 2 is 1.79 bits per heavy atom. The van der Waals surface area contributed by atoms with Crippen LogP contribution < -0.4 is 14.8 Å². The van der Waals surface area contributed by atoms with E-state index in [2.05, 4.69) is 15.0 Å². The molecule has 0 saturated carbocycles. The van der Waals surface area contributed by atoms with Crippen LogP contribution in [0.15, 0.2) is 94.7 Å². The average Bonchev–Trinajstić information content (AvgIpc) is 3.36. The van der Waals surface area contributed by atoms with Gasteiger partial charge in [-0.25, -0.2) is 13.4 Å². The molecule has 4 rings (SSSR count). The highest BCUT2D eigenvalue weighted by Crippen LogP contribution is 2.23. The Morgan fingerprint density at radius 3 is 2.52 bits per heavy atom. The van der Waals surface area contributed by atoms with Crippen LogP contribution in [0.5, 0.6) is 5.75 Å². The number of rotatable bonds is 8. The molecule has 1 amide bonds. The molecule has 0 spiro atoms. The van der Waals surface area contributed by atoms with Crippen LogP contribution in [0.4, 0.5) is 11.4 Å². The zero-order valence-corrected chi connectivity index (χ0v) is 18.5. The summed E-state index contributed by atoms with van der Waals surface area (Å²) >= 11 is 0. The number of benzene rings is 3. The predicted molar refractivity (Wildman–Crippen MR) is 125 cm³/mol. The lowest BCUT2D eigenvalue weighted by Crippen LogP contribution is -2.16. The Kier molecular flexibility index (Phi) is 6.41. The Balaban J connectivity index is 1.50. The van der Waals surface area contributed by atoms with Crippen molar-refractivity contribution in [3.63, 3.8) is 0 Å².